The maximum Gasteiger partial charge on any atom is 0.261 e. The van der Waals surface area contributed by atoms with Crippen LogP contribution in [-0.2, 0) is 22.7 Å². The summed E-state index contributed by atoms with van der Waals surface area (Å²) in [5.41, 5.74) is 3.70. The fraction of sp³-hybridized carbons (Fsp3) is 0.263. The molecule has 134 valence electrons. The van der Waals surface area contributed by atoms with E-state index >= 15 is 0 Å². The summed E-state index contributed by atoms with van der Waals surface area (Å²) >= 11 is 0. The third-order valence-corrected chi connectivity index (χ3v) is 6.21. The summed E-state index contributed by atoms with van der Waals surface area (Å²) in [6, 6.07) is 8.72. The van der Waals surface area contributed by atoms with Gasteiger partial charge < -0.3 is 10.3 Å². The van der Waals surface area contributed by atoms with Gasteiger partial charge in [-0.3, -0.25) is 9.59 Å². The molecule has 1 aliphatic heterocycles. The van der Waals surface area contributed by atoms with Crippen molar-refractivity contribution in [2.24, 2.45) is 0 Å². The molecule has 26 heavy (non-hydrogen) atoms. The van der Waals surface area contributed by atoms with Gasteiger partial charge in [0, 0.05) is 11.1 Å². The Hall–Kier alpha value is -2.67. The molecule has 7 heteroatoms. The van der Waals surface area contributed by atoms with E-state index in [2.05, 4.69) is 22.4 Å². The number of aromatic amines is 1. The molecule has 1 aromatic carbocycles. The average Bonchev–Trinajstić information content (AvgIpc) is 3.19. The van der Waals surface area contributed by atoms with Crippen molar-refractivity contribution in [3.63, 3.8) is 0 Å². The maximum atomic E-state index is 12.3. The van der Waals surface area contributed by atoms with Gasteiger partial charge in [0.05, 0.1) is 11.8 Å². The summed E-state index contributed by atoms with van der Waals surface area (Å²) in [5.74, 6) is -0.761. The molecule has 4 rings (SSSR count). The molecule has 1 aromatic heterocycles. The number of fused-ring (bicyclic) bond motifs is 1. The van der Waals surface area contributed by atoms with Crippen molar-refractivity contribution in [2.75, 3.05) is 5.75 Å². The van der Waals surface area contributed by atoms with Gasteiger partial charge in [0.1, 0.15) is 5.56 Å². The smallest absolute Gasteiger partial charge is 0.261 e. The van der Waals surface area contributed by atoms with E-state index in [0.29, 0.717) is 5.69 Å². The first-order valence-electron chi connectivity index (χ1n) is 8.49. The minimum absolute atomic E-state index is 0.0346. The second-order valence-electron chi connectivity index (χ2n) is 6.69. The van der Waals surface area contributed by atoms with Gasteiger partial charge in [-0.15, -0.1) is 0 Å². The Balaban J connectivity index is 1.55. The molecule has 0 spiro atoms. The summed E-state index contributed by atoms with van der Waals surface area (Å²) in [6.07, 6.45) is 4.71. The van der Waals surface area contributed by atoms with Crippen LogP contribution in [0.4, 0.5) is 0 Å². The van der Waals surface area contributed by atoms with Crippen LogP contribution in [0.3, 0.4) is 0 Å². The molecule has 0 unspecified atom stereocenters. The van der Waals surface area contributed by atoms with Gasteiger partial charge in [0.15, 0.2) is 9.84 Å². The van der Waals surface area contributed by atoms with Crippen molar-refractivity contribution in [3.05, 3.63) is 68.9 Å². The number of benzene rings is 1. The van der Waals surface area contributed by atoms with Crippen LogP contribution in [-0.4, -0.2) is 31.1 Å². The lowest BCUT2D eigenvalue weighted by Gasteiger charge is -2.10. The molecule has 0 saturated heterocycles. The Morgan fingerprint density at radius 1 is 1.12 bits per heavy atom. The minimum atomic E-state index is -3.26. The number of hydrogen-bond acceptors (Lipinski definition) is 4. The van der Waals surface area contributed by atoms with Crippen LogP contribution >= 0.6 is 0 Å². The molecular formula is C19H18N2O4S. The van der Waals surface area contributed by atoms with Crippen LogP contribution in [0.2, 0.25) is 0 Å². The predicted octanol–water partition coefficient (Wildman–Crippen LogP) is 1.57. The third kappa shape index (κ3) is 3.22. The van der Waals surface area contributed by atoms with E-state index in [1.165, 1.54) is 23.3 Å². The molecule has 1 aliphatic carbocycles. The molecule has 1 atom stereocenters. The summed E-state index contributed by atoms with van der Waals surface area (Å²) < 4.78 is 22.8. The molecule has 2 aromatic rings. The third-order valence-electron chi connectivity index (χ3n) is 4.81. The van der Waals surface area contributed by atoms with Gasteiger partial charge in [-0.2, -0.15) is 0 Å². The number of nitrogens with one attached hydrogen (secondary N) is 2. The van der Waals surface area contributed by atoms with Crippen LogP contribution in [0.5, 0.6) is 0 Å². The maximum absolute atomic E-state index is 12.3. The molecule has 0 radical (unpaired) electrons. The Morgan fingerprint density at radius 3 is 2.65 bits per heavy atom. The lowest BCUT2D eigenvalue weighted by atomic mass is 10.0. The van der Waals surface area contributed by atoms with E-state index in [0.717, 1.165) is 30.2 Å². The van der Waals surface area contributed by atoms with E-state index in [-0.39, 0.29) is 11.3 Å². The van der Waals surface area contributed by atoms with E-state index in [1.54, 1.807) is 6.07 Å². The Morgan fingerprint density at radius 2 is 1.92 bits per heavy atom. The fourth-order valence-electron chi connectivity index (χ4n) is 3.47. The second-order valence-corrected chi connectivity index (χ2v) is 8.62. The highest BCUT2D eigenvalue weighted by Gasteiger charge is 2.24. The lowest BCUT2D eigenvalue weighted by Crippen LogP contribution is -2.38. The standard InChI is InChI=1S/C19H18N2O4S/c22-18(20-15-8-9-26(24,25)11-15)16-6-7-17(21-19(16)23)14-5-4-12-2-1-3-13(12)10-14/h4-10,15H,1-3,11H2,(H,20,22)(H,21,23)/t15-/m1/s1. The summed E-state index contributed by atoms with van der Waals surface area (Å²) in [5, 5.41) is 3.64. The molecule has 2 heterocycles. The van der Waals surface area contributed by atoms with Gasteiger partial charge in [-0.1, -0.05) is 12.1 Å². The number of carbonyl (C=O) groups excluding carboxylic acids is 1. The van der Waals surface area contributed by atoms with E-state index in [1.807, 2.05) is 6.07 Å². The van der Waals surface area contributed by atoms with Crippen molar-refractivity contribution >= 4 is 15.7 Å². The number of aryl methyl sites for hydroxylation is 2. The van der Waals surface area contributed by atoms with Gasteiger partial charge in [-0.25, -0.2) is 8.42 Å². The average molecular weight is 370 g/mol. The molecule has 0 saturated carbocycles. The molecule has 0 bridgehead atoms. The van der Waals surface area contributed by atoms with Crippen LogP contribution < -0.4 is 10.9 Å². The zero-order valence-electron chi connectivity index (χ0n) is 14.0. The topological polar surface area (TPSA) is 96.1 Å². The normalized spacial score (nSPS) is 20.1. The van der Waals surface area contributed by atoms with Crippen LogP contribution in [0.15, 0.2) is 46.6 Å². The van der Waals surface area contributed by atoms with Gasteiger partial charge >= 0.3 is 0 Å². The van der Waals surface area contributed by atoms with Crippen LogP contribution in [0.25, 0.3) is 11.3 Å². The highest BCUT2D eigenvalue weighted by molar-refractivity contribution is 7.94. The predicted molar refractivity (Wildman–Crippen MR) is 98.7 cm³/mol. The number of hydrogen-bond donors (Lipinski definition) is 2. The van der Waals surface area contributed by atoms with E-state index < -0.39 is 27.3 Å². The number of rotatable bonds is 3. The number of sulfone groups is 1. The first kappa shape index (κ1) is 16.8. The Bertz CT molecular complexity index is 1080. The first-order valence-corrected chi connectivity index (χ1v) is 10.2. The summed E-state index contributed by atoms with van der Waals surface area (Å²) in [6.45, 7) is 0. The minimum Gasteiger partial charge on any atom is -0.345 e. The molecule has 1 amide bonds. The van der Waals surface area contributed by atoms with Crippen molar-refractivity contribution < 1.29 is 13.2 Å². The van der Waals surface area contributed by atoms with Crippen LogP contribution in [0.1, 0.15) is 27.9 Å². The zero-order valence-corrected chi connectivity index (χ0v) is 14.8. The molecule has 6 nitrogen and oxygen atoms in total. The van der Waals surface area contributed by atoms with Crippen molar-refractivity contribution in [3.8, 4) is 11.3 Å². The fourth-order valence-corrected chi connectivity index (χ4v) is 4.71. The van der Waals surface area contributed by atoms with Crippen molar-refractivity contribution in [1.82, 2.24) is 10.3 Å². The molecule has 2 aliphatic rings. The van der Waals surface area contributed by atoms with E-state index in [9.17, 15) is 18.0 Å². The Labute approximate surface area is 150 Å². The first-order chi connectivity index (χ1) is 12.4. The van der Waals surface area contributed by atoms with Gasteiger partial charge in [-0.05, 0) is 60.2 Å². The molecule has 2 N–H and O–H groups in total. The molecular weight excluding hydrogens is 352 g/mol. The zero-order chi connectivity index (χ0) is 18.3. The van der Waals surface area contributed by atoms with Gasteiger partial charge in [0.2, 0.25) is 0 Å². The molecule has 0 fully saturated rings. The van der Waals surface area contributed by atoms with Crippen LogP contribution in [0, 0.1) is 0 Å². The highest BCUT2D eigenvalue weighted by atomic mass is 32.2. The number of pyridine rings is 1. The lowest BCUT2D eigenvalue weighted by molar-refractivity contribution is 0.0946. The number of carbonyl (C=O) groups is 1. The summed E-state index contributed by atoms with van der Waals surface area (Å²) in [7, 11) is -3.26. The second kappa shape index (κ2) is 6.25. The largest absolute Gasteiger partial charge is 0.345 e. The van der Waals surface area contributed by atoms with Gasteiger partial charge in [0.25, 0.3) is 11.5 Å². The van der Waals surface area contributed by atoms with E-state index in [4.69, 9.17) is 0 Å². The SMILES string of the molecule is O=C(N[C@@H]1C=CS(=O)(=O)C1)c1ccc(-c2ccc3c(c2)CCC3)[nH]c1=O. The highest BCUT2D eigenvalue weighted by Crippen LogP contribution is 2.26. The monoisotopic (exact) mass is 370 g/mol. The van der Waals surface area contributed by atoms with Crippen molar-refractivity contribution in [1.29, 1.82) is 0 Å². The quantitative estimate of drug-likeness (QED) is 0.857. The number of H-pyrrole nitrogens is 1. The number of amides is 1. The summed E-state index contributed by atoms with van der Waals surface area (Å²) in [4.78, 5) is 27.4. The van der Waals surface area contributed by atoms with Crippen molar-refractivity contribution in [2.45, 2.75) is 25.3 Å². The Kier molecular flexibility index (Phi) is 4.03. The number of aromatic nitrogens is 1.